The summed E-state index contributed by atoms with van der Waals surface area (Å²) in [5.41, 5.74) is 1.89. The number of aryl methyl sites for hydroxylation is 1. The Labute approximate surface area is 145 Å². The van der Waals surface area contributed by atoms with E-state index in [0.717, 1.165) is 18.6 Å². The molecule has 0 bridgehead atoms. The molecule has 0 fully saturated rings. The van der Waals surface area contributed by atoms with E-state index >= 15 is 0 Å². The lowest BCUT2D eigenvalue weighted by Crippen LogP contribution is -2.30. The Morgan fingerprint density at radius 1 is 1.25 bits per heavy atom. The summed E-state index contributed by atoms with van der Waals surface area (Å²) in [7, 11) is 0. The number of nitriles is 1. The molecule has 2 aromatic rings. The molecule has 1 amide bonds. The lowest BCUT2D eigenvalue weighted by molar-refractivity contribution is -0.120. The van der Waals surface area contributed by atoms with Crippen molar-refractivity contribution in [3.63, 3.8) is 0 Å². The van der Waals surface area contributed by atoms with Gasteiger partial charge >= 0.3 is 0 Å². The number of hydrogen-bond acceptors (Lipinski definition) is 4. The van der Waals surface area contributed by atoms with Crippen molar-refractivity contribution in [1.29, 1.82) is 5.26 Å². The number of allylic oxidation sites excluding steroid dienone is 1. The fourth-order valence-corrected chi connectivity index (χ4v) is 3.78. The molecule has 24 heavy (non-hydrogen) atoms. The van der Waals surface area contributed by atoms with Gasteiger partial charge in [-0.2, -0.15) is 5.26 Å². The molecule has 1 N–H and O–H groups in total. The molecule has 2 heterocycles. The maximum Gasteiger partial charge on any atom is 0.225 e. The van der Waals surface area contributed by atoms with E-state index < -0.39 is 0 Å². The number of carbonyl (C=O) groups is 1. The molecular formula is C19H18N2O2S. The van der Waals surface area contributed by atoms with Gasteiger partial charge in [0.25, 0.3) is 0 Å². The van der Waals surface area contributed by atoms with E-state index in [0.29, 0.717) is 16.4 Å². The summed E-state index contributed by atoms with van der Waals surface area (Å²) in [6, 6.07) is 16.2. The summed E-state index contributed by atoms with van der Waals surface area (Å²) in [5.74, 6) is 1.17. The predicted octanol–water partition coefficient (Wildman–Crippen LogP) is 3.98. The average molecular weight is 338 g/mol. The van der Waals surface area contributed by atoms with Crippen molar-refractivity contribution in [3.8, 4) is 6.07 Å². The molecule has 0 aliphatic carbocycles. The zero-order chi connectivity index (χ0) is 16.8. The fraction of sp³-hybridized carbons (Fsp3) is 0.263. The summed E-state index contributed by atoms with van der Waals surface area (Å²) in [6.07, 6.45) is 3.80. The summed E-state index contributed by atoms with van der Waals surface area (Å²) < 4.78 is 5.41. The fourth-order valence-electron chi connectivity index (χ4n) is 2.76. The Balaban J connectivity index is 1.65. The molecule has 1 atom stereocenters. The minimum atomic E-state index is -0.282. The third-order valence-electron chi connectivity index (χ3n) is 3.94. The lowest BCUT2D eigenvalue weighted by Gasteiger charge is -2.23. The van der Waals surface area contributed by atoms with Gasteiger partial charge < -0.3 is 9.73 Å². The standard InChI is InChI=1S/C19H18N2O2S/c20-13-16-15(17-9-4-10-23-17)12-18(22)21-19(16)24-11-5-8-14-6-2-1-3-7-14/h1-4,6-7,9-10,15H,5,8,11-12H2,(H,21,22)/t15-/m0/s1. The largest absolute Gasteiger partial charge is 0.469 e. The van der Waals surface area contributed by atoms with Gasteiger partial charge in [0.2, 0.25) is 5.91 Å². The monoisotopic (exact) mass is 338 g/mol. The van der Waals surface area contributed by atoms with Crippen LogP contribution in [0.2, 0.25) is 0 Å². The molecule has 0 unspecified atom stereocenters. The first kappa shape index (κ1) is 16.4. The molecule has 1 aliphatic rings. The van der Waals surface area contributed by atoms with E-state index in [2.05, 4.69) is 23.5 Å². The normalized spacial score (nSPS) is 17.5. The van der Waals surface area contributed by atoms with Crippen LogP contribution >= 0.6 is 11.8 Å². The first-order chi connectivity index (χ1) is 11.8. The first-order valence-corrected chi connectivity index (χ1v) is 8.90. The molecule has 0 spiro atoms. The second-order valence-electron chi connectivity index (χ2n) is 5.61. The van der Waals surface area contributed by atoms with Crippen LogP contribution in [0.5, 0.6) is 0 Å². The van der Waals surface area contributed by atoms with Crippen molar-refractivity contribution in [2.45, 2.75) is 25.2 Å². The van der Waals surface area contributed by atoms with E-state index in [9.17, 15) is 10.1 Å². The smallest absolute Gasteiger partial charge is 0.225 e. The van der Waals surface area contributed by atoms with E-state index in [4.69, 9.17) is 4.42 Å². The van der Waals surface area contributed by atoms with Gasteiger partial charge in [-0.1, -0.05) is 30.3 Å². The number of hydrogen-bond donors (Lipinski definition) is 1. The zero-order valence-electron chi connectivity index (χ0n) is 13.2. The first-order valence-electron chi connectivity index (χ1n) is 7.92. The van der Waals surface area contributed by atoms with Gasteiger partial charge in [0.1, 0.15) is 5.76 Å². The molecule has 0 saturated heterocycles. The topological polar surface area (TPSA) is 66.0 Å². The van der Waals surface area contributed by atoms with Crippen LogP contribution in [0.3, 0.4) is 0 Å². The van der Waals surface area contributed by atoms with Crippen LogP contribution in [0.1, 0.15) is 30.1 Å². The van der Waals surface area contributed by atoms with Gasteiger partial charge in [-0.3, -0.25) is 4.79 Å². The van der Waals surface area contributed by atoms with Crippen molar-refractivity contribution in [1.82, 2.24) is 5.32 Å². The molecule has 5 heteroatoms. The molecule has 4 nitrogen and oxygen atoms in total. The number of nitrogens with one attached hydrogen (secondary N) is 1. The van der Waals surface area contributed by atoms with Gasteiger partial charge in [0.15, 0.2) is 0 Å². The van der Waals surface area contributed by atoms with Crippen molar-refractivity contribution in [2.75, 3.05) is 5.75 Å². The predicted molar refractivity (Wildman–Crippen MR) is 94.1 cm³/mol. The highest BCUT2D eigenvalue weighted by Crippen LogP contribution is 2.36. The van der Waals surface area contributed by atoms with E-state index in [1.165, 1.54) is 17.3 Å². The molecule has 0 radical (unpaired) electrons. The highest BCUT2D eigenvalue weighted by Gasteiger charge is 2.31. The van der Waals surface area contributed by atoms with Gasteiger partial charge in [-0.05, 0) is 36.3 Å². The lowest BCUT2D eigenvalue weighted by atomic mass is 9.92. The van der Waals surface area contributed by atoms with Crippen LogP contribution in [0.15, 0.2) is 63.7 Å². The molecule has 3 rings (SSSR count). The van der Waals surface area contributed by atoms with Gasteiger partial charge in [-0.25, -0.2) is 0 Å². The van der Waals surface area contributed by atoms with E-state index in [-0.39, 0.29) is 18.2 Å². The minimum absolute atomic E-state index is 0.0686. The van der Waals surface area contributed by atoms with Crippen molar-refractivity contribution >= 4 is 17.7 Å². The third kappa shape index (κ3) is 3.90. The number of furan rings is 1. The Kier molecular flexibility index (Phi) is 5.39. The Hall–Kier alpha value is -2.45. The second-order valence-corrected chi connectivity index (χ2v) is 6.72. The molecule has 0 saturated carbocycles. The van der Waals surface area contributed by atoms with Crippen molar-refractivity contribution in [2.24, 2.45) is 0 Å². The second kappa shape index (κ2) is 7.89. The Morgan fingerprint density at radius 2 is 2.08 bits per heavy atom. The highest BCUT2D eigenvalue weighted by molar-refractivity contribution is 8.03. The van der Waals surface area contributed by atoms with Crippen LogP contribution in [-0.4, -0.2) is 11.7 Å². The molecule has 1 aromatic heterocycles. The quantitative estimate of drug-likeness (QED) is 0.809. The van der Waals surface area contributed by atoms with Crippen LogP contribution in [0.25, 0.3) is 0 Å². The molecule has 1 aromatic carbocycles. The number of nitrogens with zero attached hydrogens (tertiary/aromatic N) is 1. The van der Waals surface area contributed by atoms with Crippen molar-refractivity contribution < 1.29 is 9.21 Å². The van der Waals surface area contributed by atoms with Gasteiger partial charge in [0, 0.05) is 6.42 Å². The van der Waals surface area contributed by atoms with E-state index in [1.54, 1.807) is 12.3 Å². The van der Waals surface area contributed by atoms with Crippen molar-refractivity contribution in [3.05, 3.63) is 70.7 Å². The molecule has 1 aliphatic heterocycles. The average Bonchev–Trinajstić information content (AvgIpc) is 3.13. The van der Waals surface area contributed by atoms with Gasteiger partial charge in [0.05, 0.1) is 28.9 Å². The number of carbonyl (C=O) groups excluding carboxylic acids is 1. The minimum Gasteiger partial charge on any atom is -0.469 e. The van der Waals surface area contributed by atoms with Crippen LogP contribution in [0, 0.1) is 11.3 Å². The molecular weight excluding hydrogens is 320 g/mol. The maximum atomic E-state index is 12.0. The number of rotatable bonds is 6. The number of benzene rings is 1. The van der Waals surface area contributed by atoms with Crippen LogP contribution in [-0.2, 0) is 11.2 Å². The zero-order valence-corrected chi connectivity index (χ0v) is 14.0. The maximum absolute atomic E-state index is 12.0. The number of amides is 1. The Bertz CT molecular complexity index is 760. The number of thioether (sulfide) groups is 1. The molecule has 122 valence electrons. The summed E-state index contributed by atoms with van der Waals surface area (Å²) in [5, 5.41) is 13.1. The van der Waals surface area contributed by atoms with E-state index in [1.807, 2.05) is 24.3 Å². The Morgan fingerprint density at radius 3 is 2.79 bits per heavy atom. The summed E-state index contributed by atoms with van der Waals surface area (Å²) in [4.78, 5) is 12.0. The third-order valence-corrected chi connectivity index (χ3v) is 5.05. The van der Waals surface area contributed by atoms with Gasteiger partial charge in [-0.15, -0.1) is 11.8 Å². The highest BCUT2D eigenvalue weighted by atomic mass is 32.2. The summed E-state index contributed by atoms with van der Waals surface area (Å²) in [6.45, 7) is 0. The van der Waals surface area contributed by atoms with Crippen LogP contribution in [0.4, 0.5) is 0 Å². The SMILES string of the molecule is N#CC1=C(SCCCc2ccccc2)NC(=O)C[C@@H]1c1ccco1. The summed E-state index contributed by atoms with van der Waals surface area (Å²) >= 11 is 1.54. The van der Waals surface area contributed by atoms with Crippen LogP contribution < -0.4 is 5.32 Å².